The van der Waals surface area contributed by atoms with Crippen molar-refractivity contribution in [2.45, 2.75) is 46.8 Å². The Bertz CT molecular complexity index is 1420. The molecule has 0 spiro atoms. The summed E-state index contributed by atoms with van der Waals surface area (Å²) in [6.07, 6.45) is 0.441. The number of carbonyl (C=O) groups is 1. The summed E-state index contributed by atoms with van der Waals surface area (Å²) in [6, 6.07) is 26.5. The predicted molar refractivity (Wildman–Crippen MR) is 155 cm³/mol. The SMILES string of the molecule is CCCN(Cc1ccccc1)CC(COc1cccc2c(=O)cc(-c3ccccc3)oc12)OC(=O)C(C)(C)C. The van der Waals surface area contributed by atoms with Crippen LogP contribution in [0, 0.1) is 5.41 Å². The van der Waals surface area contributed by atoms with Crippen molar-refractivity contribution in [3.63, 3.8) is 0 Å². The van der Waals surface area contributed by atoms with Gasteiger partial charge in [0.1, 0.15) is 18.5 Å². The fourth-order valence-electron chi connectivity index (χ4n) is 4.33. The summed E-state index contributed by atoms with van der Waals surface area (Å²) in [5.74, 6) is 0.615. The van der Waals surface area contributed by atoms with Crippen molar-refractivity contribution in [1.29, 1.82) is 0 Å². The van der Waals surface area contributed by atoms with Gasteiger partial charge in [0, 0.05) is 24.7 Å². The Morgan fingerprint density at radius 3 is 2.31 bits per heavy atom. The Kier molecular flexibility index (Phi) is 9.20. The molecule has 0 saturated carbocycles. The first-order valence-electron chi connectivity index (χ1n) is 13.5. The molecule has 1 aromatic heterocycles. The molecule has 4 aromatic rings. The van der Waals surface area contributed by atoms with Gasteiger partial charge in [-0.2, -0.15) is 0 Å². The van der Waals surface area contributed by atoms with Gasteiger partial charge in [0.15, 0.2) is 16.8 Å². The average molecular weight is 528 g/mol. The summed E-state index contributed by atoms with van der Waals surface area (Å²) < 4.78 is 18.4. The number of fused-ring (bicyclic) bond motifs is 1. The standard InChI is InChI=1S/C33H37NO5/c1-5-19-34(21-24-13-8-6-9-14-24)22-26(38-32(36)33(2,3)4)23-37-29-18-12-17-27-28(35)20-30(39-31(27)29)25-15-10-7-11-16-25/h6-18,20,26H,5,19,21-23H2,1-4H3. The van der Waals surface area contributed by atoms with Gasteiger partial charge in [-0.25, -0.2) is 0 Å². The minimum atomic E-state index is -0.649. The van der Waals surface area contributed by atoms with Crippen LogP contribution in [0.4, 0.5) is 0 Å². The van der Waals surface area contributed by atoms with E-state index in [4.69, 9.17) is 13.9 Å². The van der Waals surface area contributed by atoms with E-state index in [-0.39, 0.29) is 18.0 Å². The van der Waals surface area contributed by atoms with Crippen LogP contribution in [0.1, 0.15) is 39.7 Å². The minimum Gasteiger partial charge on any atom is -0.486 e. The van der Waals surface area contributed by atoms with Crippen molar-refractivity contribution in [3.8, 4) is 17.1 Å². The second-order valence-corrected chi connectivity index (χ2v) is 10.8. The molecule has 0 bridgehead atoms. The van der Waals surface area contributed by atoms with Crippen molar-refractivity contribution in [2.75, 3.05) is 19.7 Å². The number of hydrogen-bond acceptors (Lipinski definition) is 6. The molecule has 0 N–H and O–H groups in total. The Labute approximate surface area is 230 Å². The van der Waals surface area contributed by atoms with Gasteiger partial charge in [-0.15, -0.1) is 0 Å². The van der Waals surface area contributed by atoms with E-state index >= 15 is 0 Å². The molecule has 6 heteroatoms. The molecule has 0 aliphatic carbocycles. The number of esters is 1. The van der Waals surface area contributed by atoms with Gasteiger partial charge in [-0.1, -0.05) is 73.7 Å². The van der Waals surface area contributed by atoms with Crippen LogP contribution >= 0.6 is 0 Å². The predicted octanol–water partition coefficient (Wildman–Crippen LogP) is 6.71. The van der Waals surface area contributed by atoms with Crippen molar-refractivity contribution < 1.29 is 18.7 Å². The van der Waals surface area contributed by atoms with E-state index in [1.165, 1.54) is 11.6 Å². The van der Waals surface area contributed by atoms with Crippen molar-refractivity contribution >= 4 is 16.9 Å². The second kappa shape index (κ2) is 12.8. The van der Waals surface area contributed by atoms with Crippen LogP contribution in [-0.4, -0.2) is 36.7 Å². The lowest BCUT2D eigenvalue weighted by atomic mass is 9.97. The molecular formula is C33H37NO5. The summed E-state index contributed by atoms with van der Waals surface area (Å²) >= 11 is 0. The average Bonchev–Trinajstić information content (AvgIpc) is 2.92. The highest BCUT2D eigenvalue weighted by atomic mass is 16.6. The Hall–Kier alpha value is -3.90. The minimum absolute atomic E-state index is 0.120. The molecule has 1 heterocycles. The first-order valence-corrected chi connectivity index (χ1v) is 13.5. The third kappa shape index (κ3) is 7.58. The van der Waals surface area contributed by atoms with Crippen molar-refractivity contribution in [2.24, 2.45) is 5.41 Å². The van der Waals surface area contributed by atoms with E-state index in [9.17, 15) is 9.59 Å². The summed E-state index contributed by atoms with van der Waals surface area (Å²) in [7, 11) is 0. The number of ether oxygens (including phenoxy) is 2. The number of carbonyl (C=O) groups excluding carboxylic acids is 1. The Balaban J connectivity index is 1.60. The quantitative estimate of drug-likeness (QED) is 0.202. The zero-order valence-corrected chi connectivity index (χ0v) is 23.2. The summed E-state index contributed by atoms with van der Waals surface area (Å²) in [5, 5.41) is 0.437. The van der Waals surface area contributed by atoms with E-state index in [0.717, 1.165) is 25.1 Å². The topological polar surface area (TPSA) is 69.0 Å². The fourth-order valence-corrected chi connectivity index (χ4v) is 4.33. The highest BCUT2D eigenvalue weighted by Crippen LogP contribution is 2.29. The normalized spacial score (nSPS) is 12.4. The first kappa shape index (κ1) is 28.1. The number of rotatable bonds is 11. The van der Waals surface area contributed by atoms with Crippen LogP contribution in [0.3, 0.4) is 0 Å². The van der Waals surface area contributed by atoms with Gasteiger partial charge < -0.3 is 13.9 Å². The smallest absolute Gasteiger partial charge is 0.311 e. The molecule has 0 aliphatic heterocycles. The number of para-hydroxylation sites is 1. The molecule has 6 nitrogen and oxygen atoms in total. The highest BCUT2D eigenvalue weighted by Gasteiger charge is 2.28. The highest BCUT2D eigenvalue weighted by molar-refractivity contribution is 5.84. The van der Waals surface area contributed by atoms with Crippen molar-refractivity contribution in [1.82, 2.24) is 4.90 Å². The summed E-state index contributed by atoms with van der Waals surface area (Å²) in [6.45, 7) is 9.86. The van der Waals surface area contributed by atoms with E-state index in [2.05, 4.69) is 24.0 Å². The summed E-state index contributed by atoms with van der Waals surface area (Å²) in [4.78, 5) is 28.1. The molecule has 0 amide bonds. The van der Waals surface area contributed by atoms with E-state index in [0.29, 0.717) is 29.0 Å². The molecule has 0 radical (unpaired) electrons. The van der Waals surface area contributed by atoms with Crippen LogP contribution < -0.4 is 10.2 Å². The number of benzene rings is 3. The molecule has 39 heavy (non-hydrogen) atoms. The lowest BCUT2D eigenvalue weighted by Crippen LogP contribution is -2.40. The third-order valence-electron chi connectivity index (χ3n) is 6.34. The maximum atomic E-state index is 12.9. The zero-order valence-electron chi connectivity index (χ0n) is 23.2. The molecule has 0 fully saturated rings. The van der Waals surface area contributed by atoms with Crippen molar-refractivity contribution in [3.05, 3.63) is 101 Å². The lowest BCUT2D eigenvalue weighted by molar-refractivity contribution is -0.161. The van der Waals surface area contributed by atoms with Gasteiger partial charge in [0.05, 0.1) is 10.8 Å². The van der Waals surface area contributed by atoms with Gasteiger partial charge in [-0.05, 0) is 51.4 Å². The molecule has 204 valence electrons. The first-order chi connectivity index (χ1) is 18.7. The van der Waals surface area contributed by atoms with E-state index in [1.807, 2.05) is 69.3 Å². The van der Waals surface area contributed by atoms with E-state index in [1.54, 1.807) is 18.2 Å². The Morgan fingerprint density at radius 1 is 0.949 bits per heavy atom. The maximum Gasteiger partial charge on any atom is 0.311 e. The van der Waals surface area contributed by atoms with Crippen LogP contribution in [0.25, 0.3) is 22.3 Å². The van der Waals surface area contributed by atoms with Gasteiger partial charge in [0.25, 0.3) is 0 Å². The van der Waals surface area contributed by atoms with Crippen LogP contribution in [-0.2, 0) is 16.1 Å². The Morgan fingerprint density at radius 2 is 1.64 bits per heavy atom. The summed E-state index contributed by atoms with van der Waals surface area (Å²) in [5.41, 5.74) is 1.58. The number of hydrogen-bond donors (Lipinski definition) is 0. The van der Waals surface area contributed by atoms with Gasteiger partial charge in [0.2, 0.25) is 0 Å². The van der Waals surface area contributed by atoms with Crippen LogP contribution in [0.15, 0.2) is 94.1 Å². The van der Waals surface area contributed by atoms with Gasteiger partial charge in [-0.3, -0.25) is 14.5 Å². The fraction of sp³-hybridized carbons (Fsp3) is 0.333. The molecule has 1 atom stereocenters. The third-order valence-corrected chi connectivity index (χ3v) is 6.34. The number of nitrogens with zero attached hydrogens (tertiary/aromatic N) is 1. The molecule has 0 saturated heterocycles. The lowest BCUT2D eigenvalue weighted by Gasteiger charge is -2.29. The maximum absolute atomic E-state index is 12.9. The molecule has 0 aliphatic rings. The molecular weight excluding hydrogens is 490 g/mol. The molecule has 4 rings (SSSR count). The molecule has 3 aromatic carbocycles. The van der Waals surface area contributed by atoms with Crippen LogP contribution in [0.2, 0.25) is 0 Å². The monoisotopic (exact) mass is 527 g/mol. The van der Waals surface area contributed by atoms with Crippen LogP contribution in [0.5, 0.6) is 5.75 Å². The van der Waals surface area contributed by atoms with E-state index < -0.39 is 11.5 Å². The second-order valence-electron chi connectivity index (χ2n) is 10.8. The molecule has 1 unspecified atom stereocenters. The largest absolute Gasteiger partial charge is 0.486 e. The van der Waals surface area contributed by atoms with Gasteiger partial charge >= 0.3 is 5.97 Å². The zero-order chi connectivity index (χ0) is 27.8.